The summed E-state index contributed by atoms with van der Waals surface area (Å²) in [4.78, 5) is 23.2. The van der Waals surface area contributed by atoms with E-state index >= 15 is 0 Å². The predicted molar refractivity (Wildman–Crippen MR) is 229 cm³/mol. The Bertz CT molecular complexity index is 2300. The minimum Gasteiger partial charge on any atom is -0.512 e. The Morgan fingerprint density at radius 2 is 1.62 bits per heavy atom. The maximum Gasteiger partial charge on any atom is 0.217 e. The third-order valence-corrected chi connectivity index (χ3v) is 12.7. The molecular formula is C48H59IrN2O3S-. The number of aryl methyl sites for hydroxylation is 1. The smallest absolute Gasteiger partial charge is 0.217 e. The molecule has 4 heterocycles. The number of benzene rings is 2. The van der Waals surface area contributed by atoms with Crippen LogP contribution in [-0.4, -0.2) is 20.9 Å². The van der Waals surface area contributed by atoms with Crippen molar-refractivity contribution in [3.63, 3.8) is 0 Å². The van der Waals surface area contributed by atoms with Gasteiger partial charge >= 0.3 is 0 Å². The third kappa shape index (κ3) is 9.50. The van der Waals surface area contributed by atoms with Gasteiger partial charge in [-0.1, -0.05) is 112 Å². The second-order valence-corrected chi connectivity index (χ2v) is 18.1. The van der Waals surface area contributed by atoms with Crippen molar-refractivity contribution in [2.24, 2.45) is 16.7 Å². The van der Waals surface area contributed by atoms with E-state index in [9.17, 15) is 9.90 Å². The van der Waals surface area contributed by atoms with E-state index < -0.39 is 0 Å². The molecule has 5 nitrogen and oxygen atoms in total. The summed E-state index contributed by atoms with van der Waals surface area (Å²) in [6, 6.07) is 21.2. The topological polar surface area (TPSA) is 76.2 Å². The third-order valence-electron chi connectivity index (χ3n) is 11.5. The van der Waals surface area contributed by atoms with Crippen LogP contribution in [0.25, 0.3) is 54.5 Å². The van der Waals surface area contributed by atoms with Crippen LogP contribution in [0.15, 0.2) is 77.2 Å². The molecule has 1 N–H and O–H groups in total. The van der Waals surface area contributed by atoms with Crippen LogP contribution >= 0.6 is 11.3 Å². The van der Waals surface area contributed by atoms with Crippen molar-refractivity contribution in [3.05, 3.63) is 94.9 Å². The Morgan fingerprint density at radius 1 is 0.945 bits per heavy atom. The summed E-state index contributed by atoms with van der Waals surface area (Å²) in [5.74, 6) is 0.933. The van der Waals surface area contributed by atoms with Gasteiger partial charge in [0.25, 0.3) is 0 Å². The number of thiophene rings is 1. The molecule has 0 aliphatic carbocycles. The summed E-state index contributed by atoms with van der Waals surface area (Å²) in [5, 5.41) is 13.6. The second kappa shape index (κ2) is 17.7. The van der Waals surface area contributed by atoms with Gasteiger partial charge in [0.15, 0.2) is 5.78 Å². The molecule has 0 spiro atoms. The van der Waals surface area contributed by atoms with Crippen molar-refractivity contribution in [3.8, 4) is 22.4 Å². The van der Waals surface area contributed by atoms with Gasteiger partial charge in [-0.15, -0.1) is 34.6 Å². The number of pyridine rings is 2. The van der Waals surface area contributed by atoms with Gasteiger partial charge in [-0.3, -0.25) is 14.8 Å². The number of hydrogen-bond donors (Lipinski definition) is 1. The summed E-state index contributed by atoms with van der Waals surface area (Å²) in [6.45, 7) is 25.4. The van der Waals surface area contributed by atoms with Crippen molar-refractivity contribution in [2.45, 2.75) is 121 Å². The maximum atomic E-state index is 12.2. The molecule has 0 atom stereocenters. The van der Waals surface area contributed by atoms with Gasteiger partial charge in [0.2, 0.25) is 5.71 Å². The molecule has 295 valence electrons. The number of fused-ring (bicyclic) bond motifs is 3. The van der Waals surface area contributed by atoms with Crippen molar-refractivity contribution in [2.75, 3.05) is 0 Å². The van der Waals surface area contributed by atoms with Crippen LogP contribution < -0.4 is 0 Å². The van der Waals surface area contributed by atoms with E-state index in [1.807, 2.05) is 71.4 Å². The Kier molecular flexibility index (Phi) is 14.2. The van der Waals surface area contributed by atoms with Gasteiger partial charge in [-0.2, -0.15) is 0 Å². The molecule has 7 heteroatoms. The standard InChI is InChI=1S/C33H31N2OS.C15H28O2.Ir/c1-19(2)12-24-13-22-10-9-21(16-30(22)37-24)26-17-28(35-32-31(26)20(3)18-36-32)23-14-27(33(4,5)6)25-8-7-11-34-29(25)15-23;1-7-14(5,8-2)12(16)11-13(17)15(6,9-3)10-4;/h7-11,13-14,16-19H,12H2,1-6H3;11,16H,7-10H2,1-6H3;/q-1;;/b;12-11-;. The van der Waals surface area contributed by atoms with Crippen molar-refractivity contribution in [1.82, 2.24) is 9.97 Å². The minimum atomic E-state index is -0.337. The fourth-order valence-corrected chi connectivity index (χ4v) is 8.18. The summed E-state index contributed by atoms with van der Waals surface area (Å²) < 4.78 is 7.27. The second-order valence-electron chi connectivity index (χ2n) is 16.9. The molecular weight excluding hydrogens is 877 g/mol. The average molecular weight is 936 g/mol. The van der Waals surface area contributed by atoms with E-state index in [0.717, 1.165) is 70.8 Å². The number of carbonyl (C=O) groups excluding carboxylic acids is 1. The first-order chi connectivity index (χ1) is 25.5. The molecule has 0 bridgehead atoms. The van der Waals surface area contributed by atoms with E-state index in [0.29, 0.717) is 11.6 Å². The van der Waals surface area contributed by atoms with E-state index in [-0.39, 0.29) is 47.9 Å². The first-order valence-electron chi connectivity index (χ1n) is 19.7. The molecule has 0 aliphatic heterocycles. The fraction of sp³-hybridized carbons (Fsp3) is 0.438. The maximum absolute atomic E-state index is 12.2. The van der Waals surface area contributed by atoms with Crippen LogP contribution in [0.4, 0.5) is 0 Å². The molecule has 0 amide bonds. The zero-order valence-electron chi connectivity index (χ0n) is 34.9. The zero-order valence-corrected chi connectivity index (χ0v) is 38.1. The molecule has 0 saturated carbocycles. The fourth-order valence-electron chi connectivity index (χ4n) is 6.86. The Morgan fingerprint density at radius 3 is 2.24 bits per heavy atom. The van der Waals surface area contributed by atoms with Crippen LogP contribution in [-0.2, 0) is 36.7 Å². The average Bonchev–Trinajstić information content (AvgIpc) is 3.74. The first kappa shape index (κ1) is 44.1. The largest absolute Gasteiger partial charge is 0.512 e. The Balaban J connectivity index is 0.000000320. The van der Waals surface area contributed by atoms with Gasteiger partial charge in [0.05, 0.1) is 6.26 Å². The molecule has 0 unspecified atom stereocenters. The molecule has 6 aromatic rings. The van der Waals surface area contributed by atoms with Crippen LogP contribution in [0.5, 0.6) is 0 Å². The summed E-state index contributed by atoms with van der Waals surface area (Å²) >= 11 is 1.90. The summed E-state index contributed by atoms with van der Waals surface area (Å²) in [6.07, 6.45) is 9.50. The number of nitrogens with zero attached hydrogens (tertiary/aromatic N) is 2. The van der Waals surface area contributed by atoms with Crippen LogP contribution in [0, 0.1) is 29.7 Å². The number of aliphatic hydroxyl groups excluding tert-OH is 1. The van der Waals surface area contributed by atoms with Crippen molar-refractivity contribution >= 4 is 49.2 Å². The minimum absolute atomic E-state index is 0. The Hall–Kier alpha value is -3.64. The van der Waals surface area contributed by atoms with E-state index in [1.54, 1.807) is 0 Å². The molecule has 1 radical (unpaired) electrons. The molecule has 2 aromatic carbocycles. The van der Waals surface area contributed by atoms with Crippen LogP contribution in [0.1, 0.15) is 118 Å². The number of carbonyl (C=O) groups is 1. The summed E-state index contributed by atoms with van der Waals surface area (Å²) in [7, 11) is 0. The van der Waals surface area contributed by atoms with Crippen LogP contribution in [0.2, 0.25) is 0 Å². The first-order valence-corrected chi connectivity index (χ1v) is 20.5. The number of aliphatic hydroxyl groups is 1. The molecule has 0 aliphatic rings. The van der Waals surface area contributed by atoms with Gasteiger partial charge in [-0.25, -0.2) is 0 Å². The van der Waals surface area contributed by atoms with Crippen molar-refractivity contribution in [1.29, 1.82) is 0 Å². The van der Waals surface area contributed by atoms with Crippen LogP contribution in [0.3, 0.4) is 0 Å². The normalized spacial score (nSPS) is 12.6. The number of allylic oxidation sites excluding steroid dienone is 2. The van der Waals surface area contributed by atoms with E-state index in [1.165, 1.54) is 32.2 Å². The van der Waals surface area contributed by atoms with E-state index in [2.05, 4.69) is 95.1 Å². The quantitative estimate of drug-likeness (QED) is 0.0796. The number of rotatable bonds is 11. The van der Waals surface area contributed by atoms with Gasteiger partial charge in [0, 0.05) is 58.2 Å². The molecule has 0 saturated heterocycles. The number of ketones is 1. The van der Waals surface area contributed by atoms with Gasteiger partial charge in [-0.05, 0) is 95.8 Å². The number of aromatic nitrogens is 2. The van der Waals surface area contributed by atoms with Gasteiger partial charge < -0.3 is 9.52 Å². The summed E-state index contributed by atoms with van der Waals surface area (Å²) in [5.41, 5.74) is 7.30. The predicted octanol–water partition coefficient (Wildman–Crippen LogP) is 14.2. The van der Waals surface area contributed by atoms with Gasteiger partial charge in [0.1, 0.15) is 5.76 Å². The molecule has 55 heavy (non-hydrogen) atoms. The molecule has 0 fully saturated rings. The zero-order chi connectivity index (χ0) is 39.6. The monoisotopic (exact) mass is 936 g/mol. The number of furan rings is 1. The van der Waals surface area contributed by atoms with Crippen molar-refractivity contribution < 1.29 is 34.4 Å². The number of hydrogen-bond acceptors (Lipinski definition) is 6. The van der Waals surface area contributed by atoms with E-state index in [4.69, 9.17) is 9.40 Å². The SMILES string of the molecule is CCC(C)(CC)C(=O)/C=C(\O)C(C)(CC)CC.Cc1coc2nc(-c3[c-]c4ncccc4c(C(C)(C)C)c3)cc(-c3ccc4cc(CC(C)C)sc4c3)c12.[Ir]. The molecule has 6 rings (SSSR count). The molecule has 4 aromatic heterocycles. The Labute approximate surface area is 346 Å².